The summed E-state index contributed by atoms with van der Waals surface area (Å²) in [5, 5.41) is 0. The van der Waals surface area contributed by atoms with Crippen LogP contribution in [-0.4, -0.2) is 16.6 Å². The molecular weight excluding hydrogens is 286 g/mol. The van der Waals surface area contributed by atoms with Crippen LogP contribution in [0.15, 0.2) is 60.8 Å². The molecule has 3 nitrogen and oxygen atoms in total. The minimum atomic E-state index is -0.141. The molecule has 1 heterocycles. The van der Waals surface area contributed by atoms with Gasteiger partial charge in [-0.05, 0) is 13.0 Å². The molecule has 4 rings (SSSR count). The first-order valence-electron chi connectivity index (χ1n) is 7.40. The number of aromatic nitrogens is 1. The largest absolute Gasteiger partial charge is 0.289 e. The second-order valence-electron chi connectivity index (χ2n) is 5.68. The lowest BCUT2D eigenvalue weighted by Crippen LogP contribution is -2.21. The molecule has 0 atom stereocenters. The van der Waals surface area contributed by atoms with E-state index >= 15 is 0 Å². The lowest BCUT2D eigenvalue weighted by atomic mass is 9.84. The van der Waals surface area contributed by atoms with Crippen LogP contribution in [0.3, 0.4) is 0 Å². The summed E-state index contributed by atoms with van der Waals surface area (Å²) in [5.74, 6) is -0.260. The van der Waals surface area contributed by atoms with Gasteiger partial charge in [-0.2, -0.15) is 0 Å². The number of hydrogen-bond acceptors (Lipinski definition) is 3. The van der Waals surface area contributed by atoms with Gasteiger partial charge in [-0.1, -0.05) is 54.1 Å². The van der Waals surface area contributed by atoms with E-state index in [0.29, 0.717) is 27.9 Å². The molecule has 0 spiro atoms. The van der Waals surface area contributed by atoms with E-state index in [-0.39, 0.29) is 11.6 Å². The van der Waals surface area contributed by atoms with Crippen LogP contribution in [0, 0.1) is 6.92 Å². The fourth-order valence-electron chi connectivity index (χ4n) is 2.88. The second kappa shape index (κ2) is 4.99. The maximum Gasteiger partial charge on any atom is 0.196 e. The average molecular weight is 299 g/mol. The first-order chi connectivity index (χ1) is 11.1. The first kappa shape index (κ1) is 13.6. The van der Waals surface area contributed by atoms with Gasteiger partial charge in [0.05, 0.1) is 11.3 Å². The summed E-state index contributed by atoms with van der Waals surface area (Å²) in [7, 11) is 0. The van der Waals surface area contributed by atoms with Gasteiger partial charge in [0.25, 0.3) is 0 Å². The van der Waals surface area contributed by atoms with E-state index < -0.39 is 0 Å². The van der Waals surface area contributed by atoms with Gasteiger partial charge in [-0.3, -0.25) is 14.6 Å². The molecule has 0 radical (unpaired) electrons. The fraction of sp³-hybridized carbons (Fsp3) is 0.0500. The van der Waals surface area contributed by atoms with Crippen LogP contribution in [0.4, 0.5) is 0 Å². The van der Waals surface area contributed by atoms with Crippen molar-refractivity contribution in [1.82, 2.24) is 4.98 Å². The SMILES string of the molecule is Cc1ccc(-c2cc3c(cn2)C(=O)c2ccccc2C3=O)cc1. The summed E-state index contributed by atoms with van der Waals surface area (Å²) >= 11 is 0. The third-order valence-electron chi connectivity index (χ3n) is 4.16. The standard InChI is InChI=1S/C20H13NO2/c1-12-6-8-13(9-7-12)18-10-16-17(11-21-18)20(23)15-5-3-2-4-14(15)19(16)22/h2-11H,1H3. The number of rotatable bonds is 1. The summed E-state index contributed by atoms with van der Waals surface area (Å²) in [5.41, 5.74) is 4.51. The average Bonchev–Trinajstić information content (AvgIpc) is 2.60. The predicted molar refractivity (Wildman–Crippen MR) is 87.7 cm³/mol. The molecule has 110 valence electrons. The fourth-order valence-corrected chi connectivity index (χ4v) is 2.88. The monoisotopic (exact) mass is 299 g/mol. The van der Waals surface area contributed by atoms with Gasteiger partial charge in [-0.15, -0.1) is 0 Å². The molecule has 3 aromatic rings. The van der Waals surface area contributed by atoms with Gasteiger partial charge in [-0.25, -0.2) is 0 Å². The molecule has 0 saturated heterocycles. The topological polar surface area (TPSA) is 47.0 Å². The lowest BCUT2D eigenvalue weighted by Gasteiger charge is -2.17. The molecule has 0 bridgehead atoms. The highest BCUT2D eigenvalue weighted by molar-refractivity contribution is 6.28. The molecule has 0 N–H and O–H groups in total. The number of nitrogens with zero attached hydrogens (tertiary/aromatic N) is 1. The van der Waals surface area contributed by atoms with E-state index in [0.717, 1.165) is 11.1 Å². The zero-order valence-corrected chi connectivity index (χ0v) is 12.5. The van der Waals surface area contributed by atoms with Crippen molar-refractivity contribution in [2.75, 3.05) is 0 Å². The second-order valence-corrected chi connectivity index (χ2v) is 5.68. The molecule has 3 heteroatoms. The van der Waals surface area contributed by atoms with Crippen molar-refractivity contribution in [3.63, 3.8) is 0 Å². The Morgan fingerprint density at radius 3 is 2.00 bits per heavy atom. The molecule has 0 amide bonds. The Morgan fingerprint density at radius 2 is 1.35 bits per heavy atom. The van der Waals surface area contributed by atoms with Crippen molar-refractivity contribution >= 4 is 11.6 Å². The van der Waals surface area contributed by atoms with Crippen LogP contribution >= 0.6 is 0 Å². The van der Waals surface area contributed by atoms with Gasteiger partial charge >= 0.3 is 0 Å². The number of fused-ring (bicyclic) bond motifs is 2. The number of hydrogen-bond donors (Lipinski definition) is 0. The van der Waals surface area contributed by atoms with Gasteiger partial charge in [0.1, 0.15) is 0 Å². The third kappa shape index (κ3) is 2.09. The molecular formula is C20H13NO2. The molecule has 1 aliphatic rings. The van der Waals surface area contributed by atoms with Gasteiger partial charge < -0.3 is 0 Å². The van der Waals surface area contributed by atoms with E-state index in [1.54, 1.807) is 30.3 Å². The summed E-state index contributed by atoms with van der Waals surface area (Å²) < 4.78 is 0. The zero-order chi connectivity index (χ0) is 16.0. The Labute approximate surface area is 133 Å². The van der Waals surface area contributed by atoms with E-state index in [1.807, 2.05) is 31.2 Å². The number of carbonyl (C=O) groups is 2. The number of pyridine rings is 1. The van der Waals surface area contributed by atoms with Gasteiger partial charge in [0.15, 0.2) is 11.6 Å². The number of benzene rings is 2. The molecule has 0 fully saturated rings. The first-order valence-corrected chi connectivity index (χ1v) is 7.40. The van der Waals surface area contributed by atoms with E-state index in [4.69, 9.17) is 0 Å². The van der Waals surface area contributed by atoms with Gasteiger partial charge in [0.2, 0.25) is 0 Å². The smallest absolute Gasteiger partial charge is 0.196 e. The molecule has 23 heavy (non-hydrogen) atoms. The molecule has 0 unspecified atom stereocenters. The third-order valence-corrected chi connectivity index (χ3v) is 4.16. The highest BCUT2D eigenvalue weighted by atomic mass is 16.1. The highest BCUT2D eigenvalue weighted by Gasteiger charge is 2.29. The number of aryl methyl sites for hydroxylation is 1. The Hall–Kier alpha value is -3.07. The van der Waals surface area contributed by atoms with Crippen LogP contribution in [0.25, 0.3) is 11.3 Å². The maximum absolute atomic E-state index is 12.7. The van der Waals surface area contributed by atoms with Crippen molar-refractivity contribution in [1.29, 1.82) is 0 Å². The van der Waals surface area contributed by atoms with Crippen molar-refractivity contribution in [3.05, 3.63) is 88.6 Å². The Kier molecular flexibility index (Phi) is 2.95. The minimum absolute atomic E-state index is 0.119. The molecule has 0 saturated carbocycles. The van der Waals surface area contributed by atoms with Gasteiger partial charge in [0, 0.05) is 28.5 Å². The van der Waals surface area contributed by atoms with Crippen LogP contribution in [0.1, 0.15) is 37.4 Å². The number of carbonyl (C=O) groups excluding carboxylic acids is 2. The molecule has 0 aliphatic heterocycles. The van der Waals surface area contributed by atoms with E-state index in [2.05, 4.69) is 4.98 Å². The zero-order valence-electron chi connectivity index (χ0n) is 12.5. The highest BCUT2D eigenvalue weighted by Crippen LogP contribution is 2.29. The van der Waals surface area contributed by atoms with Crippen LogP contribution < -0.4 is 0 Å². The quantitative estimate of drug-likeness (QED) is 0.536. The predicted octanol–water partition coefficient (Wildman–Crippen LogP) is 3.83. The minimum Gasteiger partial charge on any atom is -0.289 e. The van der Waals surface area contributed by atoms with Crippen molar-refractivity contribution in [2.45, 2.75) is 6.92 Å². The Morgan fingerprint density at radius 1 is 0.739 bits per heavy atom. The molecule has 2 aromatic carbocycles. The Balaban J connectivity index is 1.88. The van der Waals surface area contributed by atoms with E-state index in [1.165, 1.54) is 6.20 Å². The summed E-state index contributed by atoms with van der Waals surface area (Å²) in [6, 6.07) is 16.6. The summed E-state index contributed by atoms with van der Waals surface area (Å²) in [6.07, 6.45) is 1.51. The van der Waals surface area contributed by atoms with Crippen LogP contribution in [0.2, 0.25) is 0 Å². The van der Waals surface area contributed by atoms with Crippen molar-refractivity contribution in [3.8, 4) is 11.3 Å². The van der Waals surface area contributed by atoms with Crippen molar-refractivity contribution in [2.24, 2.45) is 0 Å². The van der Waals surface area contributed by atoms with Crippen LogP contribution in [-0.2, 0) is 0 Å². The van der Waals surface area contributed by atoms with Crippen LogP contribution in [0.5, 0.6) is 0 Å². The maximum atomic E-state index is 12.7. The molecule has 1 aliphatic carbocycles. The number of ketones is 2. The summed E-state index contributed by atoms with van der Waals surface area (Å²) in [4.78, 5) is 29.6. The van der Waals surface area contributed by atoms with E-state index in [9.17, 15) is 9.59 Å². The Bertz CT molecular complexity index is 956. The molecule has 1 aromatic heterocycles. The summed E-state index contributed by atoms with van der Waals surface area (Å²) in [6.45, 7) is 2.02. The lowest BCUT2D eigenvalue weighted by molar-refractivity contribution is 0.0979. The van der Waals surface area contributed by atoms with Crippen molar-refractivity contribution < 1.29 is 9.59 Å². The normalized spacial score (nSPS) is 12.7.